The van der Waals surface area contributed by atoms with E-state index in [0.29, 0.717) is 6.42 Å². The van der Waals surface area contributed by atoms with Crippen LogP contribution < -0.4 is 11.1 Å². The SMILES string of the molecule is CCC/C=C\CCCCCCCC(=O)NC(COP(=O)(O)OCCN)C(O)/C=C/CC/C=C/CCCCCCCCCCCC. The monoisotopic (exact) mass is 656 g/mol. The lowest BCUT2D eigenvalue weighted by Gasteiger charge is -2.23. The average molecular weight is 657 g/mol. The van der Waals surface area contributed by atoms with Gasteiger partial charge < -0.3 is 21.1 Å². The lowest BCUT2D eigenvalue weighted by Crippen LogP contribution is -2.45. The first-order chi connectivity index (χ1) is 21.9. The van der Waals surface area contributed by atoms with Gasteiger partial charge in [-0.25, -0.2) is 4.57 Å². The van der Waals surface area contributed by atoms with Crippen LogP contribution >= 0.6 is 7.82 Å². The van der Waals surface area contributed by atoms with Crippen LogP contribution in [0.25, 0.3) is 0 Å². The van der Waals surface area contributed by atoms with Gasteiger partial charge in [0, 0.05) is 13.0 Å². The Kier molecular flexibility index (Phi) is 31.7. The minimum Gasteiger partial charge on any atom is -0.387 e. The third-order valence-corrected chi connectivity index (χ3v) is 8.65. The minimum atomic E-state index is -4.34. The van der Waals surface area contributed by atoms with Crippen LogP contribution in [-0.4, -0.2) is 47.8 Å². The number of hydrogen-bond acceptors (Lipinski definition) is 6. The number of amides is 1. The fourth-order valence-electron chi connectivity index (χ4n) is 4.91. The topological polar surface area (TPSA) is 131 Å². The zero-order valence-corrected chi connectivity index (χ0v) is 29.7. The molecule has 9 heteroatoms. The number of nitrogens with one attached hydrogen (secondary N) is 1. The highest BCUT2D eigenvalue weighted by Gasteiger charge is 2.26. The molecule has 45 heavy (non-hydrogen) atoms. The maximum atomic E-state index is 12.6. The van der Waals surface area contributed by atoms with Gasteiger partial charge in [0.2, 0.25) is 5.91 Å². The van der Waals surface area contributed by atoms with Gasteiger partial charge >= 0.3 is 7.82 Å². The van der Waals surface area contributed by atoms with Crippen molar-refractivity contribution in [3.8, 4) is 0 Å². The summed E-state index contributed by atoms with van der Waals surface area (Å²) in [5.74, 6) is -0.218. The highest BCUT2D eigenvalue weighted by atomic mass is 31.2. The van der Waals surface area contributed by atoms with Gasteiger partial charge in [0.25, 0.3) is 0 Å². The molecular formula is C36H69N2O6P. The van der Waals surface area contributed by atoms with Crippen LogP contribution in [0.2, 0.25) is 0 Å². The second kappa shape index (κ2) is 32.7. The number of allylic oxidation sites excluding steroid dienone is 5. The maximum absolute atomic E-state index is 12.6. The van der Waals surface area contributed by atoms with Gasteiger partial charge in [0.15, 0.2) is 0 Å². The van der Waals surface area contributed by atoms with Crippen molar-refractivity contribution < 1.29 is 28.4 Å². The summed E-state index contributed by atoms with van der Waals surface area (Å²) in [5.41, 5.74) is 5.34. The molecule has 5 N–H and O–H groups in total. The van der Waals surface area contributed by atoms with Crippen LogP contribution in [0.3, 0.4) is 0 Å². The molecule has 264 valence electrons. The standard InChI is InChI=1S/C36H69N2O6P/c1-3-5-7-9-11-13-15-16-17-18-19-20-21-23-25-27-29-35(39)34(33-44-45(41,42)43-32-31-37)38-36(40)30-28-26-24-22-14-12-10-8-6-4-2/h8,10,20-21,27,29,34-35,39H,3-7,9,11-19,22-26,28,30-33,37H2,1-2H3,(H,38,40)(H,41,42)/b10-8-,21-20+,29-27+. The highest BCUT2D eigenvalue weighted by Crippen LogP contribution is 2.43. The molecule has 0 fully saturated rings. The number of aliphatic hydroxyl groups excluding tert-OH is 1. The first-order valence-corrected chi connectivity index (χ1v) is 19.6. The Hall–Kier alpha value is -1.28. The summed E-state index contributed by atoms with van der Waals surface area (Å²) in [6, 6.07) is -0.877. The molecule has 1 amide bonds. The summed E-state index contributed by atoms with van der Waals surface area (Å²) in [4.78, 5) is 22.5. The molecule has 8 nitrogen and oxygen atoms in total. The van der Waals surface area contributed by atoms with Gasteiger partial charge in [0.05, 0.1) is 25.4 Å². The Morgan fingerprint density at radius 2 is 1.22 bits per heavy atom. The summed E-state index contributed by atoms with van der Waals surface area (Å²) in [5, 5.41) is 13.5. The minimum absolute atomic E-state index is 0.0721. The maximum Gasteiger partial charge on any atom is 0.472 e. The molecule has 0 aliphatic carbocycles. The van der Waals surface area contributed by atoms with Crippen molar-refractivity contribution in [2.24, 2.45) is 5.73 Å². The first kappa shape index (κ1) is 43.7. The molecule has 0 saturated heterocycles. The van der Waals surface area contributed by atoms with Gasteiger partial charge in [0.1, 0.15) is 0 Å². The number of aliphatic hydroxyl groups is 1. The van der Waals surface area contributed by atoms with E-state index in [4.69, 9.17) is 14.8 Å². The molecule has 0 aromatic heterocycles. The molecule has 0 spiro atoms. The largest absolute Gasteiger partial charge is 0.472 e. The second-order valence-electron chi connectivity index (χ2n) is 12.1. The first-order valence-electron chi connectivity index (χ1n) is 18.1. The van der Waals surface area contributed by atoms with Crippen molar-refractivity contribution in [2.45, 2.75) is 167 Å². The van der Waals surface area contributed by atoms with Gasteiger partial charge in [-0.1, -0.05) is 134 Å². The van der Waals surface area contributed by atoms with Crippen molar-refractivity contribution in [1.29, 1.82) is 0 Å². The Morgan fingerprint density at radius 1 is 0.711 bits per heavy atom. The van der Waals surface area contributed by atoms with Crippen LogP contribution in [0.5, 0.6) is 0 Å². The quantitative estimate of drug-likeness (QED) is 0.0315. The van der Waals surface area contributed by atoms with Crippen molar-refractivity contribution in [3.63, 3.8) is 0 Å². The molecule has 0 rings (SSSR count). The van der Waals surface area contributed by atoms with Crippen LogP contribution in [0.15, 0.2) is 36.5 Å². The third kappa shape index (κ3) is 31.1. The van der Waals surface area contributed by atoms with Crippen molar-refractivity contribution in [3.05, 3.63) is 36.5 Å². The number of rotatable bonds is 33. The predicted molar refractivity (Wildman–Crippen MR) is 189 cm³/mol. The molecule has 0 radical (unpaired) electrons. The summed E-state index contributed by atoms with van der Waals surface area (Å²) >= 11 is 0. The fraction of sp³-hybridized carbons (Fsp3) is 0.806. The Bertz CT molecular complexity index is 804. The molecule has 0 saturated carbocycles. The number of carbonyl (C=O) groups is 1. The van der Waals surface area contributed by atoms with E-state index in [1.807, 2.05) is 6.08 Å². The molecule has 0 aromatic rings. The number of unbranched alkanes of at least 4 members (excludes halogenated alkanes) is 17. The zero-order chi connectivity index (χ0) is 33.3. The molecule has 0 bridgehead atoms. The Labute approximate surface area is 276 Å². The van der Waals surface area contributed by atoms with Crippen LogP contribution in [0.1, 0.15) is 155 Å². The number of phosphoric ester groups is 1. The van der Waals surface area contributed by atoms with Gasteiger partial charge in [-0.3, -0.25) is 13.8 Å². The van der Waals surface area contributed by atoms with E-state index in [1.54, 1.807) is 6.08 Å². The number of hydrogen-bond donors (Lipinski definition) is 4. The van der Waals surface area contributed by atoms with Gasteiger partial charge in [-0.15, -0.1) is 0 Å². The molecule has 3 atom stereocenters. The number of nitrogens with two attached hydrogens (primary N) is 1. The lowest BCUT2D eigenvalue weighted by atomic mass is 10.1. The Morgan fingerprint density at radius 3 is 1.80 bits per heavy atom. The summed E-state index contributed by atoms with van der Waals surface area (Å²) in [6.07, 6.45) is 36.2. The van der Waals surface area contributed by atoms with Crippen LogP contribution in [0, 0.1) is 0 Å². The van der Waals surface area contributed by atoms with Crippen LogP contribution in [0.4, 0.5) is 0 Å². The summed E-state index contributed by atoms with van der Waals surface area (Å²) in [7, 11) is -4.34. The second-order valence-corrected chi connectivity index (χ2v) is 13.5. The predicted octanol–water partition coefficient (Wildman–Crippen LogP) is 9.22. The van der Waals surface area contributed by atoms with E-state index in [9.17, 15) is 19.4 Å². The van der Waals surface area contributed by atoms with Gasteiger partial charge in [-0.2, -0.15) is 0 Å². The number of phosphoric acid groups is 1. The third-order valence-electron chi connectivity index (χ3n) is 7.67. The average Bonchev–Trinajstić information content (AvgIpc) is 3.02. The summed E-state index contributed by atoms with van der Waals surface area (Å²) in [6.45, 7) is 4.01. The highest BCUT2D eigenvalue weighted by molar-refractivity contribution is 7.47. The van der Waals surface area contributed by atoms with Crippen molar-refractivity contribution in [1.82, 2.24) is 5.32 Å². The lowest BCUT2D eigenvalue weighted by molar-refractivity contribution is -0.123. The van der Waals surface area contributed by atoms with Crippen molar-refractivity contribution >= 4 is 13.7 Å². The zero-order valence-electron chi connectivity index (χ0n) is 28.8. The van der Waals surface area contributed by atoms with E-state index >= 15 is 0 Å². The number of carbonyl (C=O) groups excluding carboxylic acids is 1. The normalized spacial score (nSPS) is 14.9. The van der Waals surface area contributed by atoms with Gasteiger partial charge in [-0.05, 0) is 51.4 Å². The molecule has 3 unspecified atom stereocenters. The molecule has 0 aliphatic heterocycles. The van der Waals surface area contributed by atoms with Crippen LogP contribution in [-0.2, 0) is 18.4 Å². The molecule has 0 heterocycles. The molecule has 0 aliphatic rings. The molecule has 0 aromatic carbocycles. The molecular weight excluding hydrogens is 587 g/mol. The van der Waals surface area contributed by atoms with E-state index in [0.717, 1.165) is 64.2 Å². The summed E-state index contributed by atoms with van der Waals surface area (Å²) < 4.78 is 22.0. The van der Waals surface area contributed by atoms with E-state index in [2.05, 4.69) is 43.5 Å². The van der Waals surface area contributed by atoms with Crippen molar-refractivity contribution in [2.75, 3.05) is 19.8 Å². The van der Waals surface area contributed by atoms with E-state index in [1.165, 1.54) is 70.6 Å². The smallest absolute Gasteiger partial charge is 0.387 e. The van der Waals surface area contributed by atoms with E-state index in [-0.39, 0.29) is 25.7 Å². The Balaban J connectivity index is 4.40. The fourth-order valence-corrected chi connectivity index (χ4v) is 5.67. The van der Waals surface area contributed by atoms with E-state index < -0.39 is 20.0 Å².